The Hall–Kier alpha value is -0.570. The Morgan fingerprint density at radius 2 is 2.42 bits per heavy atom. The summed E-state index contributed by atoms with van der Waals surface area (Å²) in [6.45, 7) is 4.31. The SMILES string of the molecule is CCC(C)Nc1cccnc1Br. The fraction of sp³-hybridized carbons (Fsp3) is 0.444. The van der Waals surface area contributed by atoms with Crippen molar-refractivity contribution in [1.82, 2.24) is 4.98 Å². The Kier molecular flexibility index (Phi) is 3.53. The van der Waals surface area contributed by atoms with E-state index < -0.39 is 0 Å². The first-order valence-electron chi connectivity index (χ1n) is 4.11. The summed E-state index contributed by atoms with van der Waals surface area (Å²) in [6, 6.07) is 4.43. The number of hydrogen-bond donors (Lipinski definition) is 1. The zero-order valence-electron chi connectivity index (χ0n) is 7.34. The van der Waals surface area contributed by atoms with Gasteiger partial charge in [0, 0.05) is 12.2 Å². The van der Waals surface area contributed by atoms with Gasteiger partial charge in [-0.3, -0.25) is 0 Å². The molecule has 0 radical (unpaired) electrons. The van der Waals surface area contributed by atoms with E-state index in [1.807, 2.05) is 12.1 Å². The van der Waals surface area contributed by atoms with Crippen LogP contribution in [0.1, 0.15) is 20.3 Å². The molecular weight excluding hydrogens is 216 g/mol. The molecule has 0 aliphatic heterocycles. The number of hydrogen-bond acceptors (Lipinski definition) is 2. The molecule has 1 aromatic rings. The zero-order chi connectivity index (χ0) is 8.97. The molecule has 66 valence electrons. The van der Waals surface area contributed by atoms with E-state index in [1.165, 1.54) is 0 Å². The Labute approximate surface area is 81.5 Å². The molecule has 2 nitrogen and oxygen atoms in total. The number of anilines is 1. The molecule has 0 aliphatic carbocycles. The Morgan fingerprint density at radius 1 is 1.67 bits per heavy atom. The van der Waals surface area contributed by atoms with Gasteiger partial charge >= 0.3 is 0 Å². The van der Waals surface area contributed by atoms with Crippen molar-refractivity contribution < 1.29 is 0 Å². The summed E-state index contributed by atoms with van der Waals surface area (Å²) >= 11 is 3.38. The number of halogens is 1. The molecule has 0 spiro atoms. The van der Waals surface area contributed by atoms with Gasteiger partial charge in [-0.15, -0.1) is 0 Å². The summed E-state index contributed by atoms with van der Waals surface area (Å²) in [7, 11) is 0. The number of nitrogens with zero attached hydrogens (tertiary/aromatic N) is 1. The van der Waals surface area contributed by atoms with Gasteiger partial charge < -0.3 is 5.32 Å². The van der Waals surface area contributed by atoms with E-state index in [0.29, 0.717) is 6.04 Å². The lowest BCUT2D eigenvalue weighted by Gasteiger charge is -2.13. The summed E-state index contributed by atoms with van der Waals surface area (Å²) in [4.78, 5) is 4.12. The maximum Gasteiger partial charge on any atom is 0.129 e. The molecular formula is C9H13BrN2. The highest BCUT2D eigenvalue weighted by Crippen LogP contribution is 2.19. The first-order valence-corrected chi connectivity index (χ1v) is 4.90. The first kappa shape index (κ1) is 9.52. The van der Waals surface area contributed by atoms with Crippen molar-refractivity contribution in [2.45, 2.75) is 26.3 Å². The van der Waals surface area contributed by atoms with E-state index in [4.69, 9.17) is 0 Å². The van der Waals surface area contributed by atoms with Crippen LogP contribution >= 0.6 is 15.9 Å². The average molecular weight is 229 g/mol. The number of nitrogens with one attached hydrogen (secondary N) is 1. The van der Waals surface area contributed by atoms with Crippen LogP contribution in [0.25, 0.3) is 0 Å². The van der Waals surface area contributed by atoms with Gasteiger partial charge in [-0.25, -0.2) is 4.98 Å². The van der Waals surface area contributed by atoms with Crippen LogP contribution in [0, 0.1) is 0 Å². The Morgan fingerprint density at radius 3 is 3.00 bits per heavy atom. The molecule has 0 fully saturated rings. The van der Waals surface area contributed by atoms with Crippen molar-refractivity contribution >= 4 is 21.6 Å². The Balaban J connectivity index is 2.69. The van der Waals surface area contributed by atoms with Gasteiger partial charge in [-0.05, 0) is 41.4 Å². The lowest BCUT2D eigenvalue weighted by molar-refractivity contribution is 0.762. The fourth-order valence-electron chi connectivity index (χ4n) is 0.861. The van der Waals surface area contributed by atoms with Crippen LogP contribution in [-0.2, 0) is 0 Å². The molecule has 0 saturated carbocycles. The number of rotatable bonds is 3. The van der Waals surface area contributed by atoms with E-state index in [0.717, 1.165) is 16.7 Å². The molecule has 0 aliphatic rings. The predicted molar refractivity (Wildman–Crippen MR) is 55.3 cm³/mol. The van der Waals surface area contributed by atoms with Crippen molar-refractivity contribution in [3.05, 3.63) is 22.9 Å². The van der Waals surface area contributed by atoms with Crippen molar-refractivity contribution in [2.24, 2.45) is 0 Å². The second-order valence-corrected chi connectivity index (χ2v) is 3.55. The summed E-state index contributed by atoms with van der Waals surface area (Å²) in [5.74, 6) is 0. The molecule has 1 aromatic heterocycles. The quantitative estimate of drug-likeness (QED) is 0.805. The normalized spacial score (nSPS) is 12.6. The maximum atomic E-state index is 4.12. The molecule has 1 heterocycles. The summed E-state index contributed by atoms with van der Waals surface area (Å²) in [6.07, 6.45) is 2.88. The molecule has 1 unspecified atom stereocenters. The van der Waals surface area contributed by atoms with Gasteiger partial charge in [0.05, 0.1) is 5.69 Å². The van der Waals surface area contributed by atoms with Gasteiger partial charge in [0.2, 0.25) is 0 Å². The van der Waals surface area contributed by atoms with Crippen LogP contribution in [0.15, 0.2) is 22.9 Å². The molecule has 12 heavy (non-hydrogen) atoms. The van der Waals surface area contributed by atoms with Crippen LogP contribution in [-0.4, -0.2) is 11.0 Å². The number of aromatic nitrogens is 1. The third-order valence-electron chi connectivity index (χ3n) is 1.77. The average Bonchev–Trinajstić information content (AvgIpc) is 2.09. The maximum absolute atomic E-state index is 4.12. The molecule has 1 N–H and O–H groups in total. The molecule has 0 amide bonds. The summed E-state index contributed by atoms with van der Waals surface area (Å²) in [5.41, 5.74) is 1.06. The second kappa shape index (κ2) is 4.45. The molecule has 3 heteroatoms. The second-order valence-electron chi connectivity index (χ2n) is 2.80. The molecule has 0 bridgehead atoms. The van der Waals surface area contributed by atoms with E-state index in [1.54, 1.807) is 6.20 Å². The Bertz CT molecular complexity index is 250. The van der Waals surface area contributed by atoms with Crippen LogP contribution in [0.3, 0.4) is 0 Å². The van der Waals surface area contributed by atoms with E-state index in [9.17, 15) is 0 Å². The minimum absolute atomic E-state index is 0.491. The monoisotopic (exact) mass is 228 g/mol. The van der Waals surface area contributed by atoms with Gasteiger partial charge in [-0.1, -0.05) is 6.92 Å². The first-order chi connectivity index (χ1) is 5.74. The van der Waals surface area contributed by atoms with Gasteiger partial charge in [-0.2, -0.15) is 0 Å². The van der Waals surface area contributed by atoms with Crippen molar-refractivity contribution in [2.75, 3.05) is 5.32 Å². The van der Waals surface area contributed by atoms with Crippen LogP contribution in [0.4, 0.5) is 5.69 Å². The third kappa shape index (κ3) is 2.48. The topological polar surface area (TPSA) is 24.9 Å². The van der Waals surface area contributed by atoms with Crippen LogP contribution < -0.4 is 5.32 Å². The van der Waals surface area contributed by atoms with Gasteiger partial charge in [0.25, 0.3) is 0 Å². The van der Waals surface area contributed by atoms with Crippen LogP contribution in [0.5, 0.6) is 0 Å². The highest BCUT2D eigenvalue weighted by molar-refractivity contribution is 9.10. The van der Waals surface area contributed by atoms with Crippen molar-refractivity contribution in [3.63, 3.8) is 0 Å². The molecule has 0 saturated heterocycles. The zero-order valence-corrected chi connectivity index (χ0v) is 8.93. The van der Waals surface area contributed by atoms with Gasteiger partial charge in [0.1, 0.15) is 4.60 Å². The van der Waals surface area contributed by atoms with Crippen LogP contribution in [0.2, 0.25) is 0 Å². The molecule has 1 rings (SSSR count). The highest BCUT2D eigenvalue weighted by Gasteiger charge is 2.01. The van der Waals surface area contributed by atoms with E-state index in [2.05, 4.69) is 40.1 Å². The molecule has 1 atom stereocenters. The van der Waals surface area contributed by atoms with E-state index >= 15 is 0 Å². The number of pyridine rings is 1. The largest absolute Gasteiger partial charge is 0.380 e. The smallest absolute Gasteiger partial charge is 0.129 e. The van der Waals surface area contributed by atoms with Crippen molar-refractivity contribution in [1.29, 1.82) is 0 Å². The van der Waals surface area contributed by atoms with Crippen molar-refractivity contribution in [3.8, 4) is 0 Å². The molecule has 0 aromatic carbocycles. The highest BCUT2D eigenvalue weighted by atomic mass is 79.9. The lowest BCUT2D eigenvalue weighted by atomic mass is 10.2. The summed E-state index contributed by atoms with van der Waals surface area (Å²) < 4.78 is 0.880. The lowest BCUT2D eigenvalue weighted by Crippen LogP contribution is -2.13. The third-order valence-corrected chi connectivity index (χ3v) is 2.41. The minimum atomic E-state index is 0.491. The minimum Gasteiger partial charge on any atom is -0.380 e. The van der Waals surface area contributed by atoms with Gasteiger partial charge in [0.15, 0.2) is 0 Å². The predicted octanol–water partition coefficient (Wildman–Crippen LogP) is 3.05. The summed E-state index contributed by atoms with van der Waals surface area (Å²) in [5, 5.41) is 3.35. The fourth-order valence-corrected chi connectivity index (χ4v) is 1.23. The van der Waals surface area contributed by atoms with E-state index in [-0.39, 0.29) is 0 Å². The standard InChI is InChI=1S/C9H13BrN2/c1-3-7(2)12-8-5-4-6-11-9(8)10/h4-7,12H,3H2,1-2H3.